The smallest absolute Gasteiger partial charge is 0.245 e. The van der Waals surface area contributed by atoms with E-state index in [1.807, 2.05) is 25.1 Å². The van der Waals surface area contributed by atoms with Crippen LogP contribution in [0, 0.1) is 6.92 Å². The van der Waals surface area contributed by atoms with Crippen molar-refractivity contribution in [2.24, 2.45) is 0 Å². The van der Waals surface area contributed by atoms with E-state index in [0.717, 1.165) is 54.1 Å². The highest BCUT2D eigenvalue weighted by Gasteiger charge is 2.15. The maximum Gasteiger partial charge on any atom is 0.245 e. The molecule has 1 aromatic carbocycles. The van der Waals surface area contributed by atoms with Gasteiger partial charge in [0.2, 0.25) is 5.95 Å². The number of aromatic amines is 1. The van der Waals surface area contributed by atoms with Gasteiger partial charge in [0.1, 0.15) is 0 Å². The zero-order chi connectivity index (χ0) is 13.2. The van der Waals surface area contributed by atoms with Gasteiger partial charge >= 0.3 is 0 Å². The van der Waals surface area contributed by atoms with Gasteiger partial charge in [-0.25, -0.2) is 0 Å². The zero-order valence-corrected chi connectivity index (χ0v) is 11.5. The Bertz CT molecular complexity index is 554. The van der Waals surface area contributed by atoms with Crippen molar-refractivity contribution in [3.05, 3.63) is 28.8 Å². The first-order valence-electron chi connectivity index (χ1n) is 6.38. The van der Waals surface area contributed by atoms with Crippen LogP contribution in [-0.4, -0.2) is 41.4 Å². The summed E-state index contributed by atoms with van der Waals surface area (Å²) >= 11 is 6.07. The number of aryl methyl sites for hydroxylation is 1. The summed E-state index contributed by atoms with van der Waals surface area (Å²) < 4.78 is 0. The average Bonchev–Trinajstić information content (AvgIpc) is 2.88. The van der Waals surface area contributed by atoms with Crippen LogP contribution in [0.3, 0.4) is 0 Å². The van der Waals surface area contributed by atoms with E-state index in [2.05, 4.69) is 25.4 Å². The molecule has 5 nitrogen and oxygen atoms in total. The number of rotatable bonds is 2. The second-order valence-corrected chi connectivity index (χ2v) is 5.17. The first-order valence-corrected chi connectivity index (χ1v) is 6.76. The Morgan fingerprint density at radius 2 is 2.00 bits per heavy atom. The van der Waals surface area contributed by atoms with E-state index >= 15 is 0 Å². The van der Waals surface area contributed by atoms with Gasteiger partial charge < -0.3 is 10.2 Å². The molecule has 1 aromatic heterocycles. The molecule has 1 fully saturated rings. The number of benzene rings is 1. The summed E-state index contributed by atoms with van der Waals surface area (Å²) in [5.41, 5.74) is 2.08. The van der Waals surface area contributed by atoms with Gasteiger partial charge in [-0.2, -0.15) is 4.98 Å². The second kappa shape index (κ2) is 5.19. The molecule has 1 aliphatic rings. The molecule has 1 saturated heterocycles. The minimum absolute atomic E-state index is 0.718. The van der Waals surface area contributed by atoms with Gasteiger partial charge in [-0.3, -0.25) is 5.10 Å². The van der Waals surface area contributed by atoms with E-state index < -0.39 is 0 Å². The van der Waals surface area contributed by atoms with Crippen molar-refractivity contribution in [3.63, 3.8) is 0 Å². The summed E-state index contributed by atoms with van der Waals surface area (Å²) in [6.07, 6.45) is 0. The third kappa shape index (κ3) is 2.72. The van der Waals surface area contributed by atoms with E-state index in [1.54, 1.807) is 0 Å². The van der Waals surface area contributed by atoms with Crippen molar-refractivity contribution in [1.29, 1.82) is 0 Å². The summed E-state index contributed by atoms with van der Waals surface area (Å²) in [4.78, 5) is 6.73. The van der Waals surface area contributed by atoms with Gasteiger partial charge in [-0.05, 0) is 30.7 Å². The molecule has 1 aliphatic heterocycles. The lowest BCUT2D eigenvalue weighted by atomic mass is 10.1. The van der Waals surface area contributed by atoms with Crippen molar-refractivity contribution >= 4 is 17.5 Å². The fraction of sp³-hybridized carbons (Fsp3) is 0.385. The van der Waals surface area contributed by atoms with E-state index in [9.17, 15) is 0 Å². The van der Waals surface area contributed by atoms with E-state index in [4.69, 9.17) is 11.6 Å². The number of halogens is 1. The summed E-state index contributed by atoms with van der Waals surface area (Å²) in [5, 5.41) is 11.3. The largest absolute Gasteiger partial charge is 0.337 e. The maximum atomic E-state index is 6.07. The topological polar surface area (TPSA) is 56.8 Å². The predicted molar refractivity (Wildman–Crippen MR) is 76.6 cm³/mol. The summed E-state index contributed by atoms with van der Waals surface area (Å²) in [7, 11) is 0. The van der Waals surface area contributed by atoms with Crippen LogP contribution in [0.15, 0.2) is 18.2 Å². The third-order valence-electron chi connectivity index (χ3n) is 3.19. The van der Waals surface area contributed by atoms with Crippen molar-refractivity contribution < 1.29 is 0 Å². The Kier molecular flexibility index (Phi) is 3.40. The third-order valence-corrected chi connectivity index (χ3v) is 3.41. The van der Waals surface area contributed by atoms with E-state index in [0.29, 0.717) is 0 Å². The van der Waals surface area contributed by atoms with Gasteiger partial charge in [0.15, 0.2) is 5.82 Å². The normalized spacial score (nSPS) is 15.8. The molecule has 6 heteroatoms. The molecule has 2 heterocycles. The molecule has 19 heavy (non-hydrogen) atoms. The standard InChI is InChI=1S/C13H16ClN5/c1-9-6-10(8-11(14)7-9)12-16-13(18-17-12)19-4-2-15-3-5-19/h6-8,15H,2-5H2,1H3,(H,16,17,18). The molecule has 0 radical (unpaired) electrons. The molecule has 0 spiro atoms. The number of hydrogen-bond acceptors (Lipinski definition) is 4. The fourth-order valence-electron chi connectivity index (χ4n) is 2.26. The number of anilines is 1. The fourth-order valence-corrected chi connectivity index (χ4v) is 2.55. The number of piperazine rings is 1. The molecular formula is C13H16ClN5. The first-order chi connectivity index (χ1) is 9.22. The molecule has 0 bridgehead atoms. The number of H-pyrrole nitrogens is 1. The van der Waals surface area contributed by atoms with Crippen LogP contribution in [-0.2, 0) is 0 Å². The van der Waals surface area contributed by atoms with Crippen molar-refractivity contribution in [1.82, 2.24) is 20.5 Å². The Hall–Kier alpha value is -1.59. The summed E-state index contributed by atoms with van der Waals surface area (Å²) in [5.74, 6) is 1.52. The Morgan fingerprint density at radius 1 is 1.21 bits per heavy atom. The number of nitrogens with one attached hydrogen (secondary N) is 2. The monoisotopic (exact) mass is 277 g/mol. The molecule has 2 aromatic rings. The minimum atomic E-state index is 0.718. The molecule has 2 N–H and O–H groups in total. The van der Waals surface area contributed by atoms with Crippen molar-refractivity contribution in [2.75, 3.05) is 31.1 Å². The molecule has 3 rings (SSSR count). The van der Waals surface area contributed by atoms with Gasteiger partial charge in [0, 0.05) is 36.8 Å². The minimum Gasteiger partial charge on any atom is -0.337 e. The summed E-state index contributed by atoms with van der Waals surface area (Å²) in [6, 6.07) is 5.88. The molecule has 0 unspecified atom stereocenters. The quantitative estimate of drug-likeness (QED) is 0.880. The number of hydrogen-bond donors (Lipinski definition) is 2. The van der Waals surface area contributed by atoms with Crippen LogP contribution in [0.25, 0.3) is 11.4 Å². The highest BCUT2D eigenvalue weighted by Crippen LogP contribution is 2.23. The number of nitrogens with zero attached hydrogens (tertiary/aromatic N) is 3. The molecular weight excluding hydrogens is 262 g/mol. The highest BCUT2D eigenvalue weighted by atomic mass is 35.5. The molecule has 0 amide bonds. The van der Waals surface area contributed by atoms with Crippen LogP contribution >= 0.6 is 11.6 Å². The predicted octanol–water partition coefficient (Wildman–Crippen LogP) is 1.84. The summed E-state index contributed by atoms with van der Waals surface area (Å²) in [6.45, 7) is 5.83. The Morgan fingerprint density at radius 3 is 2.74 bits per heavy atom. The lowest BCUT2D eigenvalue weighted by Crippen LogP contribution is -2.44. The maximum absolute atomic E-state index is 6.07. The number of aromatic nitrogens is 3. The van der Waals surface area contributed by atoms with Gasteiger partial charge in [-0.1, -0.05) is 11.6 Å². The van der Waals surface area contributed by atoms with Gasteiger partial charge in [0.05, 0.1) is 0 Å². The SMILES string of the molecule is Cc1cc(Cl)cc(-c2nc(N3CCNCC3)n[nH]2)c1. The van der Waals surface area contributed by atoms with Crippen LogP contribution in [0.2, 0.25) is 5.02 Å². The zero-order valence-electron chi connectivity index (χ0n) is 10.8. The van der Waals surface area contributed by atoms with Crippen LogP contribution in [0.1, 0.15) is 5.56 Å². The molecule has 0 atom stereocenters. The average molecular weight is 278 g/mol. The van der Waals surface area contributed by atoms with E-state index in [1.165, 1.54) is 0 Å². The van der Waals surface area contributed by atoms with Crippen LogP contribution < -0.4 is 10.2 Å². The van der Waals surface area contributed by atoms with Crippen LogP contribution in [0.4, 0.5) is 5.95 Å². The van der Waals surface area contributed by atoms with Gasteiger partial charge in [0.25, 0.3) is 0 Å². The van der Waals surface area contributed by atoms with Crippen molar-refractivity contribution in [2.45, 2.75) is 6.92 Å². The highest BCUT2D eigenvalue weighted by molar-refractivity contribution is 6.30. The van der Waals surface area contributed by atoms with Gasteiger partial charge in [-0.15, -0.1) is 5.10 Å². The van der Waals surface area contributed by atoms with Crippen molar-refractivity contribution in [3.8, 4) is 11.4 Å². The Labute approximate surface area is 117 Å². The molecule has 0 saturated carbocycles. The lowest BCUT2D eigenvalue weighted by molar-refractivity contribution is 0.580. The second-order valence-electron chi connectivity index (χ2n) is 4.74. The van der Waals surface area contributed by atoms with E-state index in [-0.39, 0.29) is 0 Å². The molecule has 100 valence electrons. The lowest BCUT2D eigenvalue weighted by Gasteiger charge is -2.25. The van der Waals surface area contributed by atoms with Crippen LogP contribution in [0.5, 0.6) is 0 Å². The molecule has 0 aliphatic carbocycles. The Balaban J connectivity index is 1.87. The first kappa shape index (κ1) is 12.4.